The summed E-state index contributed by atoms with van der Waals surface area (Å²) in [6.45, 7) is 0. The highest BCUT2D eigenvalue weighted by Gasteiger charge is 2.28. The van der Waals surface area contributed by atoms with Gasteiger partial charge in [0.2, 0.25) is 0 Å². The van der Waals surface area contributed by atoms with E-state index in [1.165, 1.54) is 7.11 Å². The van der Waals surface area contributed by atoms with Gasteiger partial charge in [-0.3, -0.25) is 4.18 Å². The number of hydrogen-bond donors (Lipinski definition) is 0. The zero-order valence-electron chi connectivity index (χ0n) is 5.91. The van der Waals surface area contributed by atoms with Crippen LogP contribution >= 0.6 is 0 Å². The normalized spacial score (nSPS) is 21.7. The maximum absolute atomic E-state index is 11.0. The van der Waals surface area contributed by atoms with Crippen molar-refractivity contribution < 1.29 is 12.6 Å². The third-order valence-corrected chi connectivity index (χ3v) is 3.47. The van der Waals surface area contributed by atoms with E-state index < -0.39 is 10.1 Å². The average molecular weight is 163 g/mol. The van der Waals surface area contributed by atoms with Crippen molar-refractivity contribution in [2.45, 2.75) is 24.5 Å². The molecule has 1 unspecified atom stereocenters. The van der Waals surface area contributed by atoms with Gasteiger partial charge in [-0.05, 0) is 25.7 Å². The van der Waals surface area contributed by atoms with Crippen molar-refractivity contribution in [1.29, 1.82) is 0 Å². The van der Waals surface area contributed by atoms with Crippen LogP contribution in [0.3, 0.4) is 0 Å². The molecule has 3 nitrogen and oxygen atoms in total. The lowest BCUT2D eigenvalue weighted by Crippen LogP contribution is -2.18. The van der Waals surface area contributed by atoms with Crippen molar-refractivity contribution in [2.24, 2.45) is 0 Å². The van der Waals surface area contributed by atoms with Gasteiger partial charge in [-0.2, -0.15) is 8.42 Å². The minimum absolute atomic E-state index is 0.280. The molecule has 59 valence electrons. The highest BCUT2D eigenvalue weighted by atomic mass is 32.2. The predicted molar refractivity (Wildman–Crippen MR) is 37.9 cm³/mol. The number of hydrogen-bond acceptors (Lipinski definition) is 3. The Balaban J connectivity index is 2.63. The van der Waals surface area contributed by atoms with E-state index in [2.05, 4.69) is 4.18 Å². The van der Waals surface area contributed by atoms with E-state index in [0.29, 0.717) is 6.42 Å². The molecule has 1 saturated carbocycles. The van der Waals surface area contributed by atoms with Crippen LogP contribution in [-0.2, 0) is 14.3 Å². The lowest BCUT2D eigenvalue weighted by Gasteiger charge is -2.06. The topological polar surface area (TPSA) is 43.4 Å². The molecule has 1 rings (SSSR count). The average Bonchev–Trinajstić information content (AvgIpc) is 2.38. The van der Waals surface area contributed by atoms with Crippen LogP contribution in [0.1, 0.15) is 19.3 Å². The largest absolute Gasteiger partial charge is 0.273 e. The summed E-state index contributed by atoms with van der Waals surface area (Å²) in [5.74, 6) is 0. The highest BCUT2D eigenvalue weighted by molar-refractivity contribution is 7.87. The molecule has 0 amide bonds. The molecule has 0 aromatic rings. The first-order valence-corrected chi connectivity index (χ1v) is 4.75. The third kappa shape index (κ3) is 1.49. The van der Waals surface area contributed by atoms with Gasteiger partial charge in [0.15, 0.2) is 0 Å². The highest BCUT2D eigenvalue weighted by Crippen LogP contribution is 2.24. The molecule has 0 N–H and O–H groups in total. The Labute approximate surface area is 61.5 Å². The van der Waals surface area contributed by atoms with Crippen molar-refractivity contribution in [3.63, 3.8) is 0 Å². The van der Waals surface area contributed by atoms with E-state index in [9.17, 15) is 8.42 Å². The van der Waals surface area contributed by atoms with Gasteiger partial charge in [0.05, 0.1) is 12.4 Å². The molecule has 1 aliphatic carbocycles. The van der Waals surface area contributed by atoms with E-state index in [0.717, 1.165) is 12.8 Å². The first-order chi connectivity index (χ1) is 4.67. The van der Waals surface area contributed by atoms with Crippen molar-refractivity contribution in [1.82, 2.24) is 0 Å². The Morgan fingerprint density at radius 1 is 1.60 bits per heavy atom. The molecule has 0 heterocycles. The van der Waals surface area contributed by atoms with Crippen molar-refractivity contribution in [3.05, 3.63) is 6.42 Å². The molecule has 0 bridgehead atoms. The molecule has 0 aliphatic heterocycles. The molecule has 0 spiro atoms. The summed E-state index contributed by atoms with van der Waals surface area (Å²) >= 11 is 0. The first kappa shape index (κ1) is 8.01. The SMILES string of the molecule is COS(=O)(=O)C1C[CH]CC1. The molecular formula is C6H11O3S. The Morgan fingerprint density at radius 3 is 2.70 bits per heavy atom. The summed E-state index contributed by atoms with van der Waals surface area (Å²) in [6, 6.07) is 0. The fraction of sp³-hybridized carbons (Fsp3) is 0.833. The molecule has 0 aromatic carbocycles. The van der Waals surface area contributed by atoms with Gasteiger partial charge >= 0.3 is 0 Å². The monoisotopic (exact) mass is 163 g/mol. The van der Waals surface area contributed by atoms with Gasteiger partial charge in [0.25, 0.3) is 10.1 Å². The summed E-state index contributed by atoms with van der Waals surface area (Å²) < 4.78 is 26.3. The minimum atomic E-state index is -3.23. The van der Waals surface area contributed by atoms with Crippen LogP contribution in [0, 0.1) is 6.42 Å². The van der Waals surface area contributed by atoms with E-state index >= 15 is 0 Å². The standard InChI is InChI=1S/C6H11O3S/c1-9-10(7,8)6-4-2-3-5-6/h2,6H,3-5H2,1H3. The van der Waals surface area contributed by atoms with Crippen LogP contribution in [0.25, 0.3) is 0 Å². The van der Waals surface area contributed by atoms with Gasteiger partial charge in [0, 0.05) is 0 Å². The maximum atomic E-state index is 11.0. The molecule has 10 heavy (non-hydrogen) atoms. The quantitative estimate of drug-likeness (QED) is 0.563. The molecule has 4 heteroatoms. The molecule has 1 aliphatic rings. The van der Waals surface area contributed by atoms with Gasteiger partial charge in [-0.15, -0.1) is 0 Å². The third-order valence-electron chi connectivity index (χ3n) is 1.76. The zero-order chi connectivity index (χ0) is 7.61. The summed E-state index contributed by atoms with van der Waals surface area (Å²) in [5, 5.41) is -0.280. The van der Waals surface area contributed by atoms with Crippen LogP contribution in [0.5, 0.6) is 0 Å². The Kier molecular flexibility index (Phi) is 2.31. The summed E-state index contributed by atoms with van der Waals surface area (Å²) in [7, 11) is -2.01. The lowest BCUT2D eigenvalue weighted by molar-refractivity contribution is 0.387. The molecular weight excluding hydrogens is 152 g/mol. The molecule has 1 radical (unpaired) electrons. The van der Waals surface area contributed by atoms with Crippen molar-refractivity contribution in [3.8, 4) is 0 Å². The molecule has 1 fully saturated rings. The summed E-state index contributed by atoms with van der Waals surface area (Å²) in [4.78, 5) is 0. The molecule has 0 aromatic heterocycles. The van der Waals surface area contributed by atoms with Crippen molar-refractivity contribution in [2.75, 3.05) is 7.11 Å². The van der Waals surface area contributed by atoms with Gasteiger partial charge < -0.3 is 0 Å². The second-order valence-electron chi connectivity index (χ2n) is 2.38. The first-order valence-electron chi connectivity index (χ1n) is 3.28. The Morgan fingerprint density at radius 2 is 2.30 bits per heavy atom. The second-order valence-corrected chi connectivity index (χ2v) is 4.37. The fourth-order valence-electron chi connectivity index (χ4n) is 1.12. The van der Waals surface area contributed by atoms with Gasteiger partial charge in [0.1, 0.15) is 0 Å². The minimum Gasteiger partial charge on any atom is -0.273 e. The fourth-order valence-corrected chi connectivity index (χ4v) is 2.19. The van der Waals surface area contributed by atoms with Crippen LogP contribution in [-0.4, -0.2) is 20.8 Å². The van der Waals surface area contributed by atoms with E-state index in [1.807, 2.05) is 6.42 Å². The smallest absolute Gasteiger partial charge is 0.269 e. The molecule has 0 saturated heterocycles. The summed E-state index contributed by atoms with van der Waals surface area (Å²) in [5.41, 5.74) is 0. The number of rotatable bonds is 2. The lowest BCUT2D eigenvalue weighted by atomic mass is 10.4. The van der Waals surface area contributed by atoms with Crippen LogP contribution in [0.2, 0.25) is 0 Å². The van der Waals surface area contributed by atoms with Crippen LogP contribution in [0.4, 0.5) is 0 Å². The van der Waals surface area contributed by atoms with Crippen LogP contribution in [0.15, 0.2) is 0 Å². The zero-order valence-corrected chi connectivity index (χ0v) is 6.73. The van der Waals surface area contributed by atoms with E-state index in [1.54, 1.807) is 0 Å². The van der Waals surface area contributed by atoms with Gasteiger partial charge in [-0.25, -0.2) is 0 Å². The Bertz CT molecular complexity index is 189. The van der Waals surface area contributed by atoms with Crippen molar-refractivity contribution >= 4 is 10.1 Å². The summed E-state index contributed by atoms with van der Waals surface area (Å²) in [6.07, 6.45) is 4.25. The molecule has 1 atom stereocenters. The maximum Gasteiger partial charge on any atom is 0.269 e. The van der Waals surface area contributed by atoms with E-state index in [4.69, 9.17) is 0 Å². The van der Waals surface area contributed by atoms with Crippen LogP contribution < -0.4 is 0 Å². The van der Waals surface area contributed by atoms with E-state index in [-0.39, 0.29) is 5.25 Å². The predicted octanol–water partition coefficient (Wildman–Crippen LogP) is 0.719. The van der Waals surface area contributed by atoms with Gasteiger partial charge in [-0.1, -0.05) is 0 Å². The second kappa shape index (κ2) is 2.88. The Hall–Kier alpha value is -0.0900.